The van der Waals surface area contributed by atoms with Crippen molar-refractivity contribution in [2.24, 2.45) is 11.8 Å². The Kier molecular flexibility index (Phi) is 5.63. The average Bonchev–Trinajstić information content (AvgIpc) is 2.74. The molecule has 0 spiro atoms. The van der Waals surface area contributed by atoms with Crippen molar-refractivity contribution in [3.8, 4) is 0 Å². The van der Waals surface area contributed by atoms with Gasteiger partial charge in [0.15, 0.2) is 0 Å². The minimum atomic E-state index is -3.75. The summed E-state index contributed by atoms with van der Waals surface area (Å²) in [4.78, 5) is 15.1. The fraction of sp³-hybridized carbons (Fsp3) is 0.435. The van der Waals surface area contributed by atoms with E-state index in [0.717, 1.165) is 31.0 Å². The number of rotatable bonds is 4. The van der Waals surface area contributed by atoms with Crippen molar-refractivity contribution in [3.63, 3.8) is 0 Å². The molecule has 154 valence electrons. The zero-order valence-corrected chi connectivity index (χ0v) is 17.6. The molecule has 2 aromatic carbocycles. The van der Waals surface area contributed by atoms with Crippen LogP contribution in [0.5, 0.6) is 0 Å². The molecule has 4 rings (SSSR count). The van der Waals surface area contributed by atoms with Crippen LogP contribution in [0.15, 0.2) is 53.4 Å². The van der Waals surface area contributed by atoms with Crippen molar-refractivity contribution in [1.82, 2.24) is 4.90 Å². The van der Waals surface area contributed by atoms with Gasteiger partial charge in [-0.15, -0.1) is 0 Å². The van der Waals surface area contributed by atoms with Crippen molar-refractivity contribution >= 4 is 21.6 Å². The van der Waals surface area contributed by atoms with Gasteiger partial charge in [0, 0.05) is 24.3 Å². The van der Waals surface area contributed by atoms with Gasteiger partial charge in [0.25, 0.3) is 15.9 Å². The van der Waals surface area contributed by atoms with Gasteiger partial charge in [0.2, 0.25) is 0 Å². The molecule has 29 heavy (non-hydrogen) atoms. The summed E-state index contributed by atoms with van der Waals surface area (Å²) in [6, 6.07) is 13.5. The summed E-state index contributed by atoms with van der Waals surface area (Å²) in [5.74, 6) is 1.27. The monoisotopic (exact) mass is 412 g/mol. The molecule has 0 bridgehead atoms. The first kappa shape index (κ1) is 20.0. The van der Waals surface area contributed by atoms with E-state index in [1.165, 1.54) is 37.8 Å². The third kappa shape index (κ3) is 4.47. The number of piperidine rings is 1. The van der Waals surface area contributed by atoms with E-state index in [1.807, 2.05) is 24.0 Å². The minimum absolute atomic E-state index is 0.0681. The van der Waals surface area contributed by atoms with E-state index in [9.17, 15) is 13.2 Å². The first-order chi connectivity index (χ1) is 13.9. The van der Waals surface area contributed by atoms with Gasteiger partial charge in [-0.2, -0.15) is 0 Å². The van der Waals surface area contributed by atoms with Crippen molar-refractivity contribution in [2.75, 3.05) is 17.8 Å². The topological polar surface area (TPSA) is 66.5 Å². The number of benzene rings is 2. The summed E-state index contributed by atoms with van der Waals surface area (Å²) < 4.78 is 28.2. The lowest BCUT2D eigenvalue weighted by Gasteiger charge is -2.41. The maximum absolute atomic E-state index is 13.1. The summed E-state index contributed by atoms with van der Waals surface area (Å²) in [6.45, 7) is 3.50. The lowest BCUT2D eigenvalue weighted by Crippen LogP contribution is -2.44. The highest BCUT2D eigenvalue weighted by Crippen LogP contribution is 2.36. The van der Waals surface area contributed by atoms with Crippen LogP contribution >= 0.6 is 0 Å². The lowest BCUT2D eigenvalue weighted by molar-refractivity contribution is 0.0520. The van der Waals surface area contributed by atoms with Gasteiger partial charge in [-0.1, -0.05) is 43.0 Å². The summed E-state index contributed by atoms with van der Waals surface area (Å²) in [5, 5.41) is 0. The Labute approximate surface area is 173 Å². The number of carbonyl (C=O) groups is 1. The highest BCUT2D eigenvalue weighted by Gasteiger charge is 2.33. The van der Waals surface area contributed by atoms with E-state index in [0.29, 0.717) is 17.2 Å². The van der Waals surface area contributed by atoms with Crippen LogP contribution in [0, 0.1) is 18.8 Å². The minimum Gasteiger partial charge on any atom is -0.338 e. The lowest BCUT2D eigenvalue weighted by atomic mass is 9.75. The first-order valence-corrected chi connectivity index (χ1v) is 11.9. The Morgan fingerprint density at radius 1 is 1.00 bits per heavy atom. The molecule has 1 heterocycles. The molecule has 2 aliphatic rings. The first-order valence-electron chi connectivity index (χ1n) is 10.4. The van der Waals surface area contributed by atoms with Gasteiger partial charge in [0.1, 0.15) is 0 Å². The molecule has 6 heteroatoms. The SMILES string of the molecule is Cc1ccc(NS(=O)(=O)c2cccc(C(=O)N3CC[C@@H]4CCCC[C@@H]4C3)c2)cc1. The zero-order valence-electron chi connectivity index (χ0n) is 16.8. The van der Waals surface area contributed by atoms with Crippen molar-refractivity contribution in [1.29, 1.82) is 0 Å². The summed E-state index contributed by atoms with van der Waals surface area (Å²) in [6.07, 6.45) is 6.10. The summed E-state index contributed by atoms with van der Waals surface area (Å²) in [5.41, 5.74) is 2.00. The number of nitrogens with zero attached hydrogens (tertiary/aromatic N) is 1. The van der Waals surface area contributed by atoms with Crippen LogP contribution in [-0.4, -0.2) is 32.3 Å². The molecule has 2 fully saturated rings. The highest BCUT2D eigenvalue weighted by atomic mass is 32.2. The maximum atomic E-state index is 13.1. The van der Waals surface area contributed by atoms with Crippen LogP contribution in [0.2, 0.25) is 0 Å². The van der Waals surface area contributed by atoms with Crippen LogP contribution in [-0.2, 0) is 10.0 Å². The number of hydrogen-bond donors (Lipinski definition) is 1. The van der Waals surface area contributed by atoms with Gasteiger partial charge in [-0.3, -0.25) is 9.52 Å². The Bertz CT molecular complexity index is 985. The van der Waals surface area contributed by atoms with Crippen molar-refractivity contribution < 1.29 is 13.2 Å². The highest BCUT2D eigenvalue weighted by molar-refractivity contribution is 7.92. The summed E-state index contributed by atoms with van der Waals surface area (Å²) in [7, 11) is -3.75. The second-order valence-corrected chi connectivity index (χ2v) is 10.0. The molecular formula is C23H28N2O3S. The molecule has 2 atom stereocenters. The number of aryl methyl sites for hydroxylation is 1. The summed E-state index contributed by atoms with van der Waals surface area (Å²) >= 11 is 0. The van der Waals surface area contributed by atoms with Gasteiger partial charge >= 0.3 is 0 Å². The Hall–Kier alpha value is -2.34. The smallest absolute Gasteiger partial charge is 0.261 e. The molecule has 5 nitrogen and oxygen atoms in total. The van der Waals surface area contributed by atoms with Crippen molar-refractivity contribution in [2.45, 2.75) is 43.9 Å². The molecule has 1 aliphatic heterocycles. The van der Waals surface area contributed by atoms with E-state index in [4.69, 9.17) is 0 Å². The molecule has 1 aliphatic carbocycles. The average molecular weight is 413 g/mol. The molecule has 0 radical (unpaired) electrons. The second kappa shape index (κ2) is 8.19. The Balaban J connectivity index is 1.50. The Morgan fingerprint density at radius 3 is 2.48 bits per heavy atom. The predicted molar refractivity (Wildman–Crippen MR) is 114 cm³/mol. The van der Waals surface area contributed by atoms with Crippen LogP contribution in [0.1, 0.15) is 48.0 Å². The fourth-order valence-electron chi connectivity index (χ4n) is 4.60. The molecule has 1 saturated carbocycles. The van der Waals surface area contributed by atoms with Gasteiger partial charge < -0.3 is 4.90 Å². The van der Waals surface area contributed by atoms with E-state index in [-0.39, 0.29) is 10.8 Å². The normalized spacial score (nSPS) is 22.0. The van der Waals surface area contributed by atoms with Crippen LogP contribution in [0.3, 0.4) is 0 Å². The quantitative estimate of drug-likeness (QED) is 0.807. The molecule has 2 aromatic rings. The fourth-order valence-corrected chi connectivity index (χ4v) is 5.70. The number of fused-ring (bicyclic) bond motifs is 1. The van der Waals surface area contributed by atoms with Gasteiger partial charge in [-0.25, -0.2) is 8.42 Å². The van der Waals surface area contributed by atoms with E-state index >= 15 is 0 Å². The number of sulfonamides is 1. The molecular weight excluding hydrogens is 384 g/mol. The predicted octanol–water partition coefficient (Wildman–Crippen LogP) is 4.45. The van der Waals surface area contributed by atoms with E-state index in [2.05, 4.69) is 4.72 Å². The number of carbonyl (C=O) groups excluding carboxylic acids is 1. The molecule has 0 aromatic heterocycles. The Morgan fingerprint density at radius 2 is 1.72 bits per heavy atom. The van der Waals surface area contributed by atoms with Crippen LogP contribution in [0.4, 0.5) is 5.69 Å². The van der Waals surface area contributed by atoms with Crippen molar-refractivity contribution in [3.05, 3.63) is 59.7 Å². The maximum Gasteiger partial charge on any atom is 0.261 e. The largest absolute Gasteiger partial charge is 0.338 e. The standard InChI is InChI=1S/C23H28N2O3S/c1-17-9-11-21(12-10-17)24-29(27,28)22-8-4-7-19(15-22)23(26)25-14-13-18-5-2-3-6-20(18)16-25/h4,7-12,15,18,20,24H,2-3,5-6,13-14,16H2,1H3/t18-,20+/m0/s1. The molecule has 1 amide bonds. The zero-order chi connectivity index (χ0) is 20.4. The molecule has 1 N–H and O–H groups in total. The van der Waals surface area contributed by atoms with E-state index in [1.54, 1.807) is 24.3 Å². The second-order valence-electron chi connectivity index (χ2n) is 8.34. The third-order valence-corrected chi connectivity index (χ3v) is 7.65. The van der Waals surface area contributed by atoms with Crippen LogP contribution in [0.25, 0.3) is 0 Å². The van der Waals surface area contributed by atoms with E-state index < -0.39 is 10.0 Å². The third-order valence-electron chi connectivity index (χ3n) is 6.27. The number of amides is 1. The van der Waals surface area contributed by atoms with Crippen LogP contribution < -0.4 is 4.72 Å². The van der Waals surface area contributed by atoms with Gasteiger partial charge in [-0.05, 0) is 61.9 Å². The number of hydrogen-bond acceptors (Lipinski definition) is 3. The van der Waals surface area contributed by atoms with Gasteiger partial charge in [0.05, 0.1) is 4.90 Å². The number of nitrogens with one attached hydrogen (secondary N) is 1. The number of likely N-dealkylation sites (tertiary alicyclic amines) is 1. The molecule has 0 unspecified atom stereocenters. The molecule has 1 saturated heterocycles. The number of anilines is 1.